The molecule has 150 valence electrons. The van der Waals surface area contributed by atoms with Crippen LogP contribution in [0.25, 0.3) is 10.2 Å². The van der Waals surface area contributed by atoms with Crippen molar-refractivity contribution in [2.24, 2.45) is 0 Å². The van der Waals surface area contributed by atoms with Gasteiger partial charge in [-0.3, -0.25) is 0 Å². The molecule has 12 heteroatoms. The second-order valence-electron chi connectivity index (χ2n) is 6.20. The lowest BCUT2D eigenvalue weighted by Crippen LogP contribution is -2.36. The van der Waals surface area contributed by atoms with E-state index >= 15 is 0 Å². The number of hydrogen-bond acceptors (Lipinski definition) is 8. The number of aryl methyl sites for hydroxylation is 1. The lowest BCUT2D eigenvalue weighted by molar-refractivity contribution is -0.147. The van der Waals surface area contributed by atoms with E-state index in [1.807, 2.05) is 17.9 Å². The van der Waals surface area contributed by atoms with Crippen LogP contribution in [-0.4, -0.2) is 49.6 Å². The third kappa shape index (κ3) is 3.37. The number of thiophene rings is 1. The molecule has 4 heterocycles. The van der Waals surface area contributed by atoms with Crippen molar-refractivity contribution < 1.29 is 23.0 Å². The summed E-state index contributed by atoms with van der Waals surface area (Å²) in [4.78, 5) is 12.5. The van der Waals surface area contributed by atoms with Crippen LogP contribution < -0.4 is 9.64 Å². The van der Waals surface area contributed by atoms with Gasteiger partial charge in [0.15, 0.2) is 5.82 Å². The van der Waals surface area contributed by atoms with E-state index in [1.54, 1.807) is 0 Å². The van der Waals surface area contributed by atoms with Crippen LogP contribution in [-0.2, 0) is 25.7 Å². The summed E-state index contributed by atoms with van der Waals surface area (Å²) >= 11 is 1.51. The van der Waals surface area contributed by atoms with E-state index in [9.17, 15) is 13.2 Å². The van der Waals surface area contributed by atoms with Gasteiger partial charge in [-0.25, -0.2) is 0 Å². The number of rotatable bonds is 5. The van der Waals surface area contributed by atoms with Crippen molar-refractivity contribution in [3.63, 3.8) is 0 Å². The Morgan fingerprint density at radius 3 is 2.79 bits per heavy atom. The Balaban J connectivity index is 1.72. The highest BCUT2D eigenvalue weighted by atomic mass is 32.1. The van der Waals surface area contributed by atoms with Gasteiger partial charge in [-0.15, -0.1) is 21.5 Å². The molecule has 0 fully saturated rings. The highest BCUT2D eigenvalue weighted by Crippen LogP contribution is 2.35. The molecule has 0 radical (unpaired) electrons. The minimum atomic E-state index is -4.54. The summed E-state index contributed by atoms with van der Waals surface area (Å²) in [5.41, 5.74) is 0. The maximum absolute atomic E-state index is 13.1. The quantitative estimate of drug-likeness (QED) is 0.685. The van der Waals surface area contributed by atoms with Crippen LogP contribution in [0.2, 0.25) is 0 Å². The zero-order valence-corrected chi connectivity index (χ0v) is 15.7. The second-order valence-corrected chi connectivity index (χ2v) is 7.31. The molecular formula is C16H17F3N6O2S. The van der Waals surface area contributed by atoms with E-state index in [0.29, 0.717) is 12.4 Å². The minimum Gasteiger partial charge on any atom is -0.461 e. The molecule has 4 rings (SSSR count). The highest BCUT2D eigenvalue weighted by molar-refractivity contribution is 7.18. The van der Waals surface area contributed by atoms with Crippen molar-refractivity contribution in [1.29, 1.82) is 0 Å². The summed E-state index contributed by atoms with van der Waals surface area (Å²) < 4.78 is 45.7. The minimum absolute atomic E-state index is 0.0558. The molecule has 0 saturated heterocycles. The van der Waals surface area contributed by atoms with Crippen molar-refractivity contribution in [3.8, 4) is 6.01 Å². The van der Waals surface area contributed by atoms with Crippen LogP contribution in [0.5, 0.6) is 6.01 Å². The molecule has 0 atom stereocenters. The normalized spacial score (nSPS) is 14.5. The first kappa shape index (κ1) is 18.9. The summed E-state index contributed by atoms with van der Waals surface area (Å²) in [5, 5.41) is 16.8. The van der Waals surface area contributed by atoms with Crippen LogP contribution in [0.4, 0.5) is 19.0 Å². The van der Waals surface area contributed by atoms with E-state index in [1.165, 1.54) is 11.3 Å². The third-order valence-electron chi connectivity index (χ3n) is 4.38. The maximum Gasteiger partial charge on any atom is 0.451 e. The van der Waals surface area contributed by atoms with Gasteiger partial charge < -0.3 is 19.3 Å². The average Bonchev–Trinajstić information content (AvgIpc) is 3.28. The molecule has 0 saturated carbocycles. The summed E-state index contributed by atoms with van der Waals surface area (Å²) in [6, 6.07) is 2.12. The number of aliphatic hydroxyl groups is 1. The predicted octanol–water partition coefficient (Wildman–Crippen LogP) is 2.26. The Hall–Kier alpha value is -2.47. The first-order chi connectivity index (χ1) is 13.4. The number of anilines is 1. The standard InChI is InChI=1S/C16H17F3N6O2S/c1-2-9-7-10-12(20-15(27-6-5-26)21-13(10)28-9)24-3-4-25-11(8-24)22-23-14(25)16(17,18)19/h7,26H,2-6,8H2,1H3. The predicted molar refractivity (Wildman–Crippen MR) is 95.4 cm³/mol. The monoisotopic (exact) mass is 414 g/mol. The molecule has 0 amide bonds. The lowest BCUT2D eigenvalue weighted by Gasteiger charge is -2.29. The number of aromatic nitrogens is 5. The van der Waals surface area contributed by atoms with Crippen molar-refractivity contribution in [1.82, 2.24) is 24.7 Å². The Kier molecular flexibility index (Phi) is 4.83. The SMILES string of the molecule is CCc1cc2c(N3CCn4c(nnc4C(F)(F)F)C3)nc(OCCO)nc2s1. The van der Waals surface area contributed by atoms with E-state index in [0.717, 1.165) is 26.1 Å². The molecule has 28 heavy (non-hydrogen) atoms. The number of hydrogen-bond donors (Lipinski definition) is 1. The molecule has 3 aromatic rings. The van der Waals surface area contributed by atoms with Crippen LogP contribution in [0, 0.1) is 0 Å². The average molecular weight is 414 g/mol. The van der Waals surface area contributed by atoms with Crippen molar-refractivity contribution >= 4 is 27.4 Å². The topological polar surface area (TPSA) is 89.2 Å². The molecule has 3 aromatic heterocycles. The van der Waals surface area contributed by atoms with Gasteiger partial charge in [0.2, 0.25) is 5.82 Å². The van der Waals surface area contributed by atoms with E-state index in [-0.39, 0.29) is 38.1 Å². The van der Waals surface area contributed by atoms with Crippen molar-refractivity contribution in [2.75, 3.05) is 24.7 Å². The summed E-state index contributed by atoms with van der Waals surface area (Å²) in [6.07, 6.45) is -3.71. The first-order valence-electron chi connectivity index (χ1n) is 8.69. The van der Waals surface area contributed by atoms with Gasteiger partial charge >= 0.3 is 12.2 Å². The van der Waals surface area contributed by atoms with Crippen LogP contribution >= 0.6 is 11.3 Å². The fraction of sp³-hybridized carbons (Fsp3) is 0.500. The van der Waals surface area contributed by atoms with Gasteiger partial charge in [0, 0.05) is 18.0 Å². The summed E-state index contributed by atoms with van der Waals surface area (Å²) in [6.45, 7) is 2.47. The molecule has 0 bridgehead atoms. The smallest absolute Gasteiger partial charge is 0.451 e. The number of halogens is 3. The van der Waals surface area contributed by atoms with Gasteiger partial charge in [0.25, 0.3) is 0 Å². The van der Waals surface area contributed by atoms with Gasteiger partial charge in [-0.2, -0.15) is 23.1 Å². The number of aliphatic hydroxyl groups excluding tert-OH is 1. The largest absolute Gasteiger partial charge is 0.461 e. The van der Waals surface area contributed by atoms with Crippen molar-refractivity contribution in [3.05, 3.63) is 22.6 Å². The second kappa shape index (κ2) is 7.17. The van der Waals surface area contributed by atoms with Crippen LogP contribution in [0.15, 0.2) is 6.07 Å². The molecule has 1 aliphatic heterocycles. The number of ether oxygens (including phenoxy) is 1. The zero-order chi connectivity index (χ0) is 19.9. The molecular weight excluding hydrogens is 397 g/mol. The molecule has 1 N–H and O–H groups in total. The summed E-state index contributed by atoms with van der Waals surface area (Å²) in [7, 11) is 0. The lowest BCUT2D eigenvalue weighted by atomic mass is 10.2. The molecule has 0 unspecified atom stereocenters. The maximum atomic E-state index is 13.1. The van der Waals surface area contributed by atoms with E-state index in [4.69, 9.17) is 9.84 Å². The van der Waals surface area contributed by atoms with Crippen LogP contribution in [0.3, 0.4) is 0 Å². The Morgan fingerprint density at radius 1 is 1.25 bits per heavy atom. The molecule has 1 aliphatic rings. The van der Waals surface area contributed by atoms with Gasteiger partial charge in [-0.05, 0) is 12.5 Å². The fourth-order valence-electron chi connectivity index (χ4n) is 3.10. The Bertz CT molecular complexity index is 1000. The zero-order valence-electron chi connectivity index (χ0n) is 14.9. The Morgan fingerprint density at radius 2 is 2.07 bits per heavy atom. The van der Waals surface area contributed by atoms with Gasteiger partial charge in [0.1, 0.15) is 17.3 Å². The third-order valence-corrected chi connectivity index (χ3v) is 5.55. The van der Waals surface area contributed by atoms with E-state index < -0.39 is 12.0 Å². The van der Waals surface area contributed by atoms with Crippen LogP contribution in [0.1, 0.15) is 23.4 Å². The number of alkyl halides is 3. The molecule has 0 aliphatic carbocycles. The number of fused-ring (bicyclic) bond motifs is 2. The van der Waals surface area contributed by atoms with Gasteiger partial charge in [-0.1, -0.05) is 6.92 Å². The Labute approximate surface area is 161 Å². The first-order valence-corrected chi connectivity index (χ1v) is 9.50. The molecule has 8 nitrogen and oxygen atoms in total. The summed E-state index contributed by atoms with van der Waals surface area (Å²) in [5.74, 6) is -0.170. The fourth-order valence-corrected chi connectivity index (χ4v) is 4.06. The molecule has 0 aromatic carbocycles. The number of nitrogens with zero attached hydrogens (tertiary/aromatic N) is 6. The van der Waals surface area contributed by atoms with Gasteiger partial charge in [0.05, 0.1) is 18.5 Å². The van der Waals surface area contributed by atoms with E-state index in [2.05, 4.69) is 20.2 Å². The van der Waals surface area contributed by atoms with Crippen molar-refractivity contribution in [2.45, 2.75) is 32.6 Å². The highest BCUT2D eigenvalue weighted by Gasteiger charge is 2.39. The molecule has 0 spiro atoms.